The molecular formula is C18H19N5O3. The van der Waals surface area contributed by atoms with Gasteiger partial charge in [0.25, 0.3) is 0 Å². The fourth-order valence-corrected chi connectivity index (χ4v) is 2.80. The first-order valence-corrected chi connectivity index (χ1v) is 8.55. The number of nitrogens with zero attached hydrogens (tertiary/aromatic N) is 4. The van der Waals surface area contributed by atoms with Crippen molar-refractivity contribution in [3.8, 4) is 11.4 Å². The monoisotopic (exact) mass is 353 g/mol. The van der Waals surface area contributed by atoms with Gasteiger partial charge >= 0.3 is 5.56 Å². The van der Waals surface area contributed by atoms with Crippen molar-refractivity contribution in [2.45, 2.75) is 31.7 Å². The summed E-state index contributed by atoms with van der Waals surface area (Å²) in [7, 11) is 1.59. The molecule has 1 aromatic carbocycles. The van der Waals surface area contributed by atoms with Crippen molar-refractivity contribution in [2.75, 3.05) is 7.11 Å². The van der Waals surface area contributed by atoms with E-state index in [-0.39, 0.29) is 17.1 Å². The highest BCUT2D eigenvalue weighted by Crippen LogP contribution is 2.19. The zero-order chi connectivity index (χ0) is 18.1. The number of ether oxygens (including phenoxy) is 1. The maximum Gasteiger partial charge on any atom is 0.300 e. The highest BCUT2D eigenvalue weighted by molar-refractivity contribution is 5.76. The normalized spacial score (nSPS) is 13.7. The van der Waals surface area contributed by atoms with E-state index in [0.717, 1.165) is 18.6 Å². The quantitative estimate of drug-likeness (QED) is 0.717. The van der Waals surface area contributed by atoms with E-state index in [2.05, 4.69) is 15.5 Å². The van der Waals surface area contributed by atoms with Crippen LogP contribution in [0, 0.1) is 0 Å². The SMILES string of the molecule is COc1ccc(-n2ccn3c(CCC(=O)NC4CC4)nnc3c2=O)cc1. The van der Waals surface area contributed by atoms with Crippen LogP contribution < -0.4 is 15.6 Å². The highest BCUT2D eigenvalue weighted by Gasteiger charge is 2.23. The molecule has 0 saturated heterocycles. The lowest BCUT2D eigenvalue weighted by Gasteiger charge is -2.07. The van der Waals surface area contributed by atoms with Gasteiger partial charge in [0.05, 0.1) is 7.11 Å². The maximum atomic E-state index is 12.7. The van der Waals surface area contributed by atoms with Crippen molar-refractivity contribution in [1.29, 1.82) is 0 Å². The van der Waals surface area contributed by atoms with Crippen LogP contribution in [-0.2, 0) is 11.2 Å². The molecule has 0 bridgehead atoms. The van der Waals surface area contributed by atoms with Gasteiger partial charge in [0.15, 0.2) is 0 Å². The fraction of sp³-hybridized carbons (Fsp3) is 0.333. The number of carbonyl (C=O) groups is 1. The van der Waals surface area contributed by atoms with Gasteiger partial charge in [-0.25, -0.2) is 0 Å². The molecule has 1 amide bonds. The van der Waals surface area contributed by atoms with Crippen LogP contribution in [0.15, 0.2) is 41.5 Å². The lowest BCUT2D eigenvalue weighted by atomic mass is 10.3. The highest BCUT2D eigenvalue weighted by atomic mass is 16.5. The Morgan fingerprint density at radius 3 is 2.69 bits per heavy atom. The minimum atomic E-state index is -0.265. The zero-order valence-corrected chi connectivity index (χ0v) is 14.4. The summed E-state index contributed by atoms with van der Waals surface area (Å²) in [5, 5.41) is 11.0. The van der Waals surface area contributed by atoms with Gasteiger partial charge in [-0.1, -0.05) is 0 Å². The van der Waals surface area contributed by atoms with Gasteiger partial charge in [0.2, 0.25) is 11.6 Å². The second-order valence-electron chi connectivity index (χ2n) is 6.32. The third-order valence-electron chi connectivity index (χ3n) is 4.41. The number of aromatic nitrogens is 4. The van der Waals surface area contributed by atoms with Gasteiger partial charge < -0.3 is 10.1 Å². The molecule has 1 aliphatic rings. The number of benzene rings is 1. The first-order chi connectivity index (χ1) is 12.7. The van der Waals surface area contributed by atoms with Crippen LogP contribution in [0.1, 0.15) is 25.1 Å². The molecule has 0 aliphatic heterocycles. The van der Waals surface area contributed by atoms with Crippen molar-refractivity contribution in [1.82, 2.24) is 24.5 Å². The number of hydrogen-bond donors (Lipinski definition) is 1. The summed E-state index contributed by atoms with van der Waals surface area (Å²) in [5.41, 5.74) is 0.687. The van der Waals surface area contributed by atoms with Crippen LogP contribution in [-0.4, -0.2) is 38.2 Å². The number of hydrogen-bond acceptors (Lipinski definition) is 5. The van der Waals surface area contributed by atoms with Gasteiger partial charge in [-0.15, -0.1) is 10.2 Å². The molecule has 1 saturated carbocycles. The van der Waals surface area contributed by atoms with Crippen LogP contribution in [0.4, 0.5) is 0 Å². The van der Waals surface area contributed by atoms with E-state index in [9.17, 15) is 9.59 Å². The van der Waals surface area contributed by atoms with Crippen molar-refractivity contribution in [3.05, 3.63) is 52.8 Å². The van der Waals surface area contributed by atoms with Gasteiger partial charge in [-0.05, 0) is 37.1 Å². The zero-order valence-electron chi connectivity index (χ0n) is 14.4. The molecule has 0 unspecified atom stereocenters. The Hall–Kier alpha value is -3.16. The number of nitrogens with one attached hydrogen (secondary N) is 1. The molecule has 134 valence electrons. The summed E-state index contributed by atoms with van der Waals surface area (Å²) in [4.78, 5) is 24.6. The maximum absolute atomic E-state index is 12.7. The van der Waals surface area contributed by atoms with Crippen molar-refractivity contribution in [2.24, 2.45) is 0 Å². The minimum Gasteiger partial charge on any atom is -0.497 e. The Morgan fingerprint density at radius 1 is 1.23 bits per heavy atom. The van der Waals surface area contributed by atoms with E-state index in [1.54, 1.807) is 48.2 Å². The predicted molar refractivity (Wildman–Crippen MR) is 94.6 cm³/mol. The fourth-order valence-electron chi connectivity index (χ4n) is 2.80. The van der Waals surface area contributed by atoms with Gasteiger partial charge in [0.1, 0.15) is 11.6 Å². The van der Waals surface area contributed by atoms with E-state index in [4.69, 9.17) is 4.74 Å². The summed E-state index contributed by atoms with van der Waals surface area (Å²) < 4.78 is 8.29. The Balaban J connectivity index is 1.58. The van der Waals surface area contributed by atoms with Crippen LogP contribution in [0.2, 0.25) is 0 Å². The number of carbonyl (C=O) groups excluding carboxylic acids is 1. The molecule has 3 aromatic rings. The molecule has 0 radical (unpaired) electrons. The average molecular weight is 353 g/mol. The number of rotatable bonds is 6. The van der Waals surface area contributed by atoms with E-state index >= 15 is 0 Å². The third-order valence-corrected chi connectivity index (χ3v) is 4.41. The van der Waals surface area contributed by atoms with E-state index in [1.807, 2.05) is 0 Å². The number of amides is 1. The molecule has 4 rings (SSSR count). The lowest BCUT2D eigenvalue weighted by Crippen LogP contribution is -2.25. The predicted octanol–water partition coefficient (Wildman–Crippen LogP) is 1.10. The second kappa shape index (κ2) is 6.62. The van der Waals surface area contributed by atoms with Crippen molar-refractivity contribution >= 4 is 11.6 Å². The molecule has 1 aliphatic carbocycles. The number of aryl methyl sites for hydroxylation is 1. The molecule has 1 N–H and O–H groups in total. The molecule has 8 heteroatoms. The van der Waals surface area contributed by atoms with E-state index < -0.39 is 0 Å². The molecule has 0 atom stereocenters. The molecule has 8 nitrogen and oxygen atoms in total. The third kappa shape index (κ3) is 3.17. The standard InChI is InChI=1S/C18H19N5O3/c1-26-14-6-4-13(5-7-14)22-10-11-23-15(20-21-17(23)18(22)25)8-9-16(24)19-12-2-3-12/h4-7,10-12H,2-3,8-9H2,1H3,(H,19,24). The second-order valence-corrected chi connectivity index (χ2v) is 6.32. The van der Waals surface area contributed by atoms with E-state index in [1.165, 1.54) is 4.57 Å². The molecule has 2 heterocycles. The number of methoxy groups -OCH3 is 1. The first kappa shape index (κ1) is 16.3. The summed E-state index contributed by atoms with van der Waals surface area (Å²) >= 11 is 0. The Labute approximate surface area is 149 Å². The molecular weight excluding hydrogens is 334 g/mol. The van der Waals surface area contributed by atoms with Crippen LogP contribution in [0.25, 0.3) is 11.3 Å². The van der Waals surface area contributed by atoms with Crippen molar-refractivity contribution < 1.29 is 9.53 Å². The largest absolute Gasteiger partial charge is 0.497 e. The van der Waals surface area contributed by atoms with E-state index in [0.29, 0.717) is 30.4 Å². The summed E-state index contributed by atoms with van der Waals surface area (Å²) in [6.45, 7) is 0. The molecule has 0 spiro atoms. The van der Waals surface area contributed by atoms with Crippen LogP contribution in [0.5, 0.6) is 5.75 Å². The Bertz CT molecular complexity index is 1000. The summed E-state index contributed by atoms with van der Waals surface area (Å²) in [5.74, 6) is 1.33. The first-order valence-electron chi connectivity index (χ1n) is 8.55. The smallest absolute Gasteiger partial charge is 0.300 e. The molecule has 2 aromatic heterocycles. The Kier molecular flexibility index (Phi) is 4.16. The topological polar surface area (TPSA) is 90.5 Å². The van der Waals surface area contributed by atoms with Gasteiger partial charge in [-0.3, -0.25) is 18.6 Å². The van der Waals surface area contributed by atoms with Crippen molar-refractivity contribution in [3.63, 3.8) is 0 Å². The van der Waals surface area contributed by atoms with Gasteiger partial charge in [0, 0.05) is 37.0 Å². The van der Waals surface area contributed by atoms with Gasteiger partial charge in [-0.2, -0.15) is 0 Å². The number of fused-ring (bicyclic) bond motifs is 1. The minimum absolute atomic E-state index is 0.0100. The Morgan fingerprint density at radius 2 is 2.00 bits per heavy atom. The van der Waals surface area contributed by atoms with Crippen LogP contribution >= 0.6 is 0 Å². The summed E-state index contributed by atoms with van der Waals surface area (Å²) in [6.07, 6.45) is 6.31. The van der Waals surface area contributed by atoms with Crippen LogP contribution in [0.3, 0.4) is 0 Å². The summed E-state index contributed by atoms with van der Waals surface area (Å²) in [6, 6.07) is 7.53. The molecule has 26 heavy (non-hydrogen) atoms. The average Bonchev–Trinajstić information content (AvgIpc) is 3.37. The molecule has 1 fully saturated rings. The lowest BCUT2D eigenvalue weighted by molar-refractivity contribution is -0.121.